The number of hydrogen-bond donors (Lipinski definition) is 1. The van der Waals surface area contributed by atoms with Crippen molar-refractivity contribution in [3.63, 3.8) is 0 Å². The predicted molar refractivity (Wildman–Crippen MR) is 87.2 cm³/mol. The summed E-state index contributed by atoms with van der Waals surface area (Å²) in [6, 6.07) is 9.01. The number of pyridine rings is 1. The zero-order valence-corrected chi connectivity index (χ0v) is 13.1. The summed E-state index contributed by atoms with van der Waals surface area (Å²) < 4.78 is 7.18. The lowest BCUT2D eigenvalue weighted by Gasteiger charge is -2.35. The Kier molecular flexibility index (Phi) is 3.60. The van der Waals surface area contributed by atoms with Crippen molar-refractivity contribution in [1.82, 2.24) is 4.57 Å². The van der Waals surface area contributed by atoms with Crippen LogP contribution in [0.2, 0.25) is 0 Å². The molecule has 1 N–H and O–H groups in total. The Labute approximate surface area is 137 Å². The first-order valence-corrected chi connectivity index (χ1v) is 7.30. The van der Waals surface area contributed by atoms with E-state index >= 15 is 0 Å². The van der Waals surface area contributed by atoms with E-state index in [0.29, 0.717) is 23.3 Å². The quantitative estimate of drug-likeness (QED) is 0.874. The van der Waals surface area contributed by atoms with Crippen LogP contribution in [0.5, 0.6) is 5.75 Å². The summed E-state index contributed by atoms with van der Waals surface area (Å²) in [4.78, 5) is 35.3. The summed E-state index contributed by atoms with van der Waals surface area (Å²) in [5, 5.41) is 9.23. The predicted octanol–water partition coefficient (Wildman–Crippen LogP) is 2.18. The molecule has 0 bridgehead atoms. The SMILES string of the molecule is CC1(C)Oc2ccc(C(=O)O)cc2C(n2ccccc2=O)=C1C=O. The Hall–Kier alpha value is -3.15. The van der Waals surface area contributed by atoms with Gasteiger partial charge in [-0.05, 0) is 38.1 Å². The minimum absolute atomic E-state index is 0.0452. The van der Waals surface area contributed by atoms with E-state index in [2.05, 4.69) is 0 Å². The van der Waals surface area contributed by atoms with Crippen LogP contribution in [0.4, 0.5) is 0 Å². The van der Waals surface area contributed by atoms with Gasteiger partial charge < -0.3 is 9.84 Å². The first kappa shape index (κ1) is 15.7. The molecule has 0 spiro atoms. The topological polar surface area (TPSA) is 85.6 Å². The number of nitrogens with zero attached hydrogens (tertiary/aromatic N) is 1. The Balaban J connectivity index is 2.41. The van der Waals surface area contributed by atoms with Gasteiger partial charge in [0.2, 0.25) is 0 Å². The monoisotopic (exact) mass is 325 g/mol. The highest BCUT2D eigenvalue weighted by atomic mass is 16.5. The molecule has 2 aromatic rings. The Bertz CT molecular complexity index is 936. The number of carbonyl (C=O) groups is 2. The van der Waals surface area contributed by atoms with Gasteiger partial charge in [0.05, 0.1) is 16.8 Å². The molecule has 1 aromatic carbocycles. The summed E-state index contributed by atoms with van der Waals surface area (Å²) in [5.74, 6) is -0.684. The Morgan fingerprint density at radius 3 is 2.62 bits per heavy atom. The van der Waals surface area contributed by atoms with Crippen molar-refractivity contribution in [3.05, 3.63) is 69.6 Å². The standard InChI is InChI=1S/C18H15NO5/c1-18(2)13(10-20)16(19-8-4-3-5-15(19)21)12-9-11(17(22)23)6-7-14(12)24-18/h3-10H,1-2H3,(H,22,23). The average Bonchev–Trinajstić information content (AvgIpc) is 2.53. The number of carboxylic acids is 1. The van der Waals surface area contributed by atoms with Gasteiger partial charge in [-0.3, -0.25) is 14.2 Å². The zero-order chi connectivity index (χ0) is 17.5. The van der Waals surface area contributed by atoms with E-state index in [9.17, 15) is 19.5 Å². The van der Waals surface area contributed by atoms with Crippen LogP contribution in [-0.2, 0) is 4.79 Å². The van der Waals surface area contributed by atoms with Crippen molar-refractivity contribution in [3.8, 4) is 5.75 Å². The Morgan fingerprint density at radius 1 is 1.25 bits per heavy atom. The average molecular weight is 325 g/mol. The molecule has 122 valence electrons. The fraction of sp³-hybridized carbons (Fsp3) is 0.167. The van der Waals surface area contributed by atoms with E-state index < -0.39 is 11.6 Å². The lowest BCUT2D eigenvalue weighted by atomic mass is 9.89. The second-order valence-electron chi connectivity index (χ2n) is 5.92. The lowest BCUT2D eigenvalue weighted by molar-refractivity contribution is -0.106. The van der Waals surface area contributed by atoms with Crippen LogP contribution >= 0.6 is 0 Å². The fourth-order valence-corrected chi connectivity index (χ4v) is 2.77. The van der Waals surface area contributed by atoms with E-state index in [4.69, 9.17) is 4.74 Å². The molecule has 0 unspecified atom stereocenters. The van der Waals surface area contributed by atoms with Gasteiger partial charge in [-0.25, -0.2) is 4.79 Å². The molecule has 6 nitrogen and oxygen atoms in total. The molecule has 1 aromatic heterocycles. The smallest absolute Gasteiger partial charge is 0.335 e. The van der Waals surface area contributed by atoms with Gasteiger partial charge in [-0.15, -0.1) is 0 Å². The summed E-state index contributed by atoms with van der Waals surface area (Å²) in [7, 11) is 0. The van der Waals surface area contributed by atoms with Crippen LogP contribution in [0.1, 0.15) is 29.8 Å². The van der Waals surface area contributed by atoms with Crippen molar-refractivity contribution in [2.24, 2.45) is 0 Å². The number of carboxylic acid groups (broad SMARTS) is 1. The van der Waals surface area contributed by atoms with Gasteiger partial charge >= 0.3 is 5.97 Å². The van der Waals surface area contributed by atoms with Gasteiger partial charge in [0.15, 0.2) is 6.29 Å². The number of rotatable bonds is 3. The lowest BCUT2D eigenvalue weighted by Crippen LogP contribution is -2.38. The highest BCUT2D eigenvalue weighted by Crippen LogP contribution is 2.40. The molecular weight excluding hydrogens is 310 g/mol. The molecule has 1 aliphatic heterocycles. The van der Waals surface area contributed by atoms with E-state index in [1.807, 2.05) is 0 Å². The summed E-state index contributed by atoms with van der Waals surface area (Å²) in [5.41, 5.74) is -0.232. The number of aromatic carboxylic acids is 1. The Morgan fingerprint density at radius 2 is 2.00 bits per heavy atom. The number of hydrogen-bond acceptors (Lipinski definition) is 4. The molecule has 0 fully saturated rings. The molecular formula is C18H15NO5. The van der Waals surface area contributed by atoms with Crippen molar-refractivity contribution in [2.45, 2.75) is 19.4 Å². The van der Waals surface area contributed by atoms with Gasteiger partial charge in [-0.1, -0.05) is 6.07 Å². The van der Waals surface area contributed by atoms with Crippen LogP contribution in [-0.4, -0.2) is 27.5 Å². The number of carbonyl (C=O) groups excluding carboxylic acids is 1. The first-order valence-electron chi connectivity index (χ1n) is 7.30. The second kappa shape index (κ2) is 5.49. The normalized spacial score (nSPS) is 15.4. The molecule has 0 saturated carbocycles. The van der Waals surface area contributed by atoms with Gasteiger partial charge in [0.1, 0.15) is 11.4 Å². The maximum absolute atomic E-state index is 12.3. The van der Waals surface area contributed by atoms with Crippen LogP contribution < -0.4 is 10.3 Å². The van der Waals surface area contributed by atoms with E-state index in [-0.39, 0.29) is 16.7 Å². The van der Waals surface area contributed by atoms with E-state index in [0.717, 1.165) is 0 Å². The molecule has 6 heteroatoms. The number of ether oxygens (including phenoxy) is 1. The van der Waals surface area contributed by atoms with E-state index in [1.165, 1.54) is 28.8 Å². The molecule has 3 rings (SSSR count). The molecule has 2 heterocycles. The van der Waals surface area contributed by atoms with Crippen molar-refractivity contribution < 1.29 is 19.4 Å². The molecule has 0 saturated heterocycles. The third-order valence-electron chi connectivity index (χ3n) is 3.93. The number of aldehydes is 1. The largest absolute Gasteiger partial charge is 0.482 e. The minimum Gasteiger partial charge on any atom is -0.482 e. The van der Waals surface area contributed by atoms with Gasteiger partial charge in [0.25, 0.3) is 5.56 Å². The molecule has 24 heavy (non-hydrogen) atoms. The van der Waals surface area contributed by atoms with E-state index in [1.54, 1.807) is 32.2 Å². The van der Waals surface area contributed by atoms with Crippen LogP contribution in [0, 0.1) is 0 Å². The molecule has 0 atom stereocenters. The third kappa shape index (κ3) is 2.42. The summed E-state index contributed by atoms with van der Waals surface area (Å²) in [6.45, 7) is 3.44. The molecule has 1 aliphatic rings. The van der Waals surface area contributed by atoms with Crippen LogP contribution in [0.3, 0.4) is 0 Å². The fourth-order valence-electron chi connectivity index (χ4n) is 2.77. The van der Waals surface area contributed by atoms with Gasteiger partial charge in [-0.2, -0.15) is 0 Å². The van der Waals surface area contributed by atoms with Gasteiger partial charge in [0, 0.05) is 17.8 Å². The molecule has 0 radical (unpaired) electrons. The first-order chi connectivity index (χ1) is 11.3. The number of benzene rings is 1. The highest BCUT2D eigenvalue weighted by molar-refractivity contribution is 5.95. The van der Waals surface area contributed by atoms with Crippen molar-refractivity contribution in [2.75, 3.05) is 0 Å². The van der Waals surface area contributed by atoms with Crippen LogP contribution in [0.15, 0.2) is 53.0 Å². The minimum atomic E-state index is -1.10. The maximum Gasteiger partial charge on any atom is 0.335 e. The van der Waals surface area contributed by atoms with Crippen LogP contribution in [0.25, 0.3) is 5.70 Å². The maximum atomic E-state index is 12.3. The van der Waals surface area contributed by atoms with Crippen molar-refractivity contribution >= 4 is 18.0 Å². The zero-order valence-electron chi connectivity index (χ0n) is 13.1. The molecule has 0 aliphatic carbocycles. The second-order valence-corrected chi connectivity index (χ2v) is 5.92. The summed E-state index contributed by atoms with van der Waals surface area (Å²) >= 11 is 0. The number of fused-ring (bicyclic) bond motifs is 1. The number of aromatic nitrogens is 1. The summed E-state index contributed by atoms with van der Waals surface area (Å²) in [6.07, 6.45) is 2.19. The highest BCUT2D eigenvalue weighted by Gasteiger charge is 2.36. The van der Waals surface area contributed by atoms with Crippen molar-refractivity contribution in [1.29, 1.82) is 0 Å². The molecule has 0 amide bonds. The third-order valence-corrected chi connectivity index (χ3v) is 3.93.